The smallest absolute Gasteiger partial charge is 0.326 e. The topological polar surface area (TPSA) is 119 Å². The third-order valence-electron chi connectivity index (χ3n) is 7.13. The number of rotatable bonds is 29. The van der Waals surface area contributed by atoms with Crippen LogP contribution in [-0.4, -0.2) is 41.6 Å². The number of amides is 1. The molecule has 0 aromatic carbocycles. The van der Waals surface area contributed by atoms with Crippen molar-refractivity contribution in [2.75, 3.05) is 6.54 Å². The van der Waals surface area contributed by atoms with Gasteiger partial charge in [0.05, 0.1) is 6.42 Å². The Morgan fingerprint density at radius 2 is 1.20 bits per heavy atom. The van der Waals surface area contributed by atoms with Crippen LogP contribution in [-0.2, 0) is 19.1 Å². The van der Waals surface area contributed by atoms with Crippen LogP contribution in [0.5, 0.6) is 0 Å². The summed E-state index contributed by atoms with van der Waals surface area (Å²) in [5.41, 5.74) is 5.45. The average molecular weight is 615 g/mol. The van der Waals surface area contributed by atoms with Crippen LogP contribution in [0.3, 0.4) is 0 Å². The second-order valence-electron chi connectivity index (χ2n) is 11.2. The van der Waals surface area contributed by atoms with Gasteiger partial charge in [0.15, 0.2) is 0 Å². The van der Waals surface area contributed by atoms with Gasteiger partial charge in [-0.3, -0.25) is 9.59 Å². The van der Waals surface area contributed by atoms with Crippen LogP contribution in [0.2, 0.25) is 0 Å². The van der Waals surface area contributed by atoms with Crippen molar-refractivity contribution in [1.29, 1.82) is 0 Å². The number of esters is 1. The standard InChI is InChI=1S/C37H62N2O5/c1-3-5-7-9-10-11-12-13-14-15-16-17-18-19-25-31-36(41)44-33(27-22-8-6-4-2)28-23-20-21-24-30-35(40)39-34(37(42)43)29-26-32-38/h5,7,10-11,13-14,16-17,19,25,33-34H,3-4,6,8-9,12,15,18,20-24,26-32,38H2,1-2H3,(H,39,40)(H,42,43)/b7-5-,11-10-,14-13-,17-16-,25-19-. The first-order chi connectivity index (χ1) is 21.4. The monoisotopic (exact) mass is 614 g/mol. The van der Waals surface area contributed by atoms with Crippen LogP contribution in [0.4, 0.5) is 0 Å². The van der Waals surface area contributed by atoms with Gasteiger partial charge in [-0.2, -0.15) is 0 Å². The Morgan fingerprint density at radius 3 is 1.73 bits per heavy atom. The number of nitrogens with two attached hydrogens (primary N) is 1. The minimum atomic E-state index is -1.02. The molecule has 0 saturated heterocycles. The molecule has 0 spiro atoms. The number of nitrogens with one attached hydrogen (secondary N) is 1. The molecule has 0 fully saturated rings. The molecule has 0 bridgehead atoms. The van der Waals surface area contributed by atoms with E-state index in [-0.39, 0.29) is 24.4 Å². The fourth-order valence-electron chi connectivity index (χ4n) is 4.58. The number of ether oxygens (including phenoxy) is 1. The molecule has 7 nitrogen and oxygen atoms in total. The van der Waals surface area contributed by atoms with E-state index >= 15 is 0 Å². The number of hydrogen-bond acceptors (Lipinski definition) is 5. The average Bonchev–Trinajstić information content (AvgIpc) is 3.00. The number of aliphatic carboxylic acids is 1. The Hall–Kier alpha value is -2.93. The molecule has 0 saturated carbocycles. The van der Waals surface area contributed by atoms with E-state index in [1.165, 1.54) is 12.8 Å². The summed E-state index contributed by atoms with van der Waals surface area (Å²) in [5.74, 6) is -1.42. The SMILES string of the molecule is CC/C=C\C/C=C\C/C=C\C/C=C\C/C=C\CC(=O)OC(CCCCCC)CCCCCCC(=O)NC(CCCN)C(=O)O. The van der Waals surface area contributed by atoms with E-state index in [1.54, 1.807) is 0 Å². The molecular formula is C37H62N2O5. The van der Waals surface area contributed by atoms with Gasteiger partial charge >= 0.3 is 11.9 Å². The normalized spacial score (nSPS) is 13.5. The fourth-order valence-corrected chi connectivity index (χ4v) is 4.58. The first-order valence-corrected chi connectivity index (χ1v) is 17.1. The van der Waals surface area contributed by atoms with Crippen LogP contribution >= 0.6 is 0 Å². The van der Waals surface area contributed by atoms with Gasteiger partial charge in [-0.15, -0.1) is 0 Å². The van der Waals surface area contributed by atoms with Crippen LogP contribution < -0.4 is 11.1 Å². The van der Waals surface area contributed by atoms with Gasteiger partial charge in [0, 0.05) is 6.42 Å². The molecule has 250 valence electrons. The lowest BCUT2D eigenvalue weighted by Gasteiger charge is -2.18. The summed E-state index contributed by atoms with van der Waals surface area (Å²) >= 11 is 0. The number of unbranched alkanes of at least 4 members (excludes halogenated alkanes) is 6. The van der Waals surface area contributed by atoms with Crippen molar-refractivity contribution < 1.29 is 24.2 Å². The van der Waals surface area contributed by atoms with Crippen molar-refractivity contribution in [3.05, 3.63) is 60.8 Å². The summed E-state index contributed by atoms with van der Waals surface area (Å²) < 4.78 is 5.84. The highest BCUT2D eigenvalue weighted by atomic mass is 16.5. The maximum atomic E-state index is 12.5. The maximum Gasteiger partial charge on any atom is 0.326 e. The van der Waals surface area contributed by atoms with Gasteiger partial charge in [-0.25, -0.2) is 4.79 Å². The van der Waals surface area contributed by atoms with Gasteiger partial charge in [-0.1, -0.05) is 107 Å². The first-order valence-electron chi connectivity index (χ1n) is 17.1. The minimum absolute atomic E-state index is 0.0655. The molecule has 0 heterocycles. The molecule has 0 radical (unpaired) electrons. The Bertz CT molecular complexity index is 875. The van der Waals surface area contributed by atoms with Gasteiger partial charge in [0.1, 0.15) is 12.1 Å². The lowest BCUT2D eigenvalue weighted by molar-refractivity contribution is -0.148. The summed E-state index contributed by atoms with van der Waals surface area (Å²) in [6, 6.07) is -0.871. The quantitative estimate of drug-likeness (QED) is 0.0441. The second-order valence-corrected chi connectivity index (χ2v) is 11.2. The van der Waals surface area contributed by atoms with E-state index in [0.717, 1.165) is 77.0 Å². The summed E-state index contributed by atoms with van der Waals surface area (Å²) in [6.45, 7) is 4.73. The van der Waals surface area contributed by atoms with E-state index in [2.05, 4.69) is 67.8 Å². The van der Waals surface area contributed by atoms with Crippen LogP contribution in [0.15, 0.2) is 60.8 Å². The molecule has 2 atom stereocenters. The molecule has 0 aromatic rings. The zero-order valence-corrected chi connectivity index (χ0v) is 27.7. The van der Waals surface area contributed by atoms with Crippen LogP contribution in [0.1, 0.15) is 136 Å². The lowest BCUT2D eigenvalue weighted by Crippen LogP contribution is -2.40. The summed E-state index contributed by atoms with van der Waals surface area (Å²) in [4.78, 5) is 35.9. The highest BCUT2D eigenvalue weighted by molar-refractivity contribution is 5.83. The van der Waals surface area contributed by atoms with Crippen molar-refractivity contribution in [2.45, 2.75) is 148 Å². The molecule has 0 aliphatic heterocycles. The largest absolute Gasteiger partial charge is 0.480 e. The van der Waals surface area contributed by atoms with Crippen molar-refractivity contribution >= 4 is 17.8 Å². The first kappa shape index (κ1) is 41.1. The van der Waals surface area contributed by atoms with E-state index in [4.69, 9.17) is 10.5 Å². The van der Waals surface area contributed by atoms with Gasteiger partial charge in [0.25, 0.3) is 0 Å². The van der Waals surface area contributed by atoms with Crippen molar-refractivity contribution in [3.63, 3.8) is 0 Å². The Labute approximate surface area is 268 Å². The van der Waals surface area contributed by atoms with Crippen molar-refractivity contribution in [2.24, 2.45) is 5.73 Å². The molecule has 44 heavy (non-hydrogen) atoms. The molecule has 1 amide bonds. The number of carbonyl (C=O) groups excluding carboxylic acids is 2. The number of allylic oxidation sites excluding steroid dienone is 9. The molecule has 4 N–H and O–H groups in total. The highest BCUT2D eigenvalue weighted by Crippen LogP contribution is 2.17. The van der Waals surface area contributed by atoms with Gasteiger partial charge < -0.3 is 20.9 Å². The van der Waals surface area contributed by atoms with E-state index in [1.807, 2.05) is 12.2 Å². The van der Waals surface area contributed by atoms with Gasteiger partial charge in [-0.05, 0) is 83.6 Å². The predicted octanol–water partition coefficient (Wildman–Crippen LogP) is 8.66. The number of carboxylic acids is 1. The number of carboxylic acid groups (broad SMARTS) is 1. The Balaban J connectivity index is 4.28. The summed E-state index contributed by atoms with van der Waals surface area (Å²) in [5, 5.41) is 11.8. The molecule has 7 heteroatoms. The lowest BCUT2D eigenvalue weighted by atomic mass is 10.0. The Kier molecular flexibility index (Phi) is 29.4. The van der Waals surface area contributed by atoms with Crippen molar-refractivity contribution in [3.8, 4) is 0 Å². The van der Waals surface area contributed by atoms with Crippen molar-refractivity contribution in [1.82, 2.24) is 5.32 Å². The maximum absolute atomic E-state index is 12.5. The highest BCUT2D eigenvalue weighted by Gasteiger charge is 2.19. The zero-order chi connectivity index (χ0) is 32.5. The molecule has 0 aromatic heterocycles. The molecule has 0 aliphatic carbocycles. The van der Waals surface area contributed by atoms with E-state index in [0.29, 0.717) is 32.2 Å². The fraction of sp³-hybridized carbons (Fsp3) is 0.649. The zero-order valence-electron chi connectivity index (χ0n) is 27.7. The summed E-state index contributed by atoms with van der Waals surface area (Å²) in [7, 11) is 0. The molecule has 0 rings (SSSR count). The van der Waals surface area contributed by atoms with Crippen LogP contribution in [0, 0.1) is 0 Å². The molecule has 2 unspecified atom stereocenters. The number of carbonyl (C=O) groups is 3. The van der Waals surface area contributed by atoms with E-state index in [9.17, 15) is 19.5 Å². The predicted molar refractivity (Wildman–Crippen MR) is 183 cm³/mol. The van der Waals surface area contributed by atoms with E-state index < -0.39 is 12.0 Å². The molecular weight excluding hydrogens is 552 g/mol. The Morgan fingerprint density at radius 1 is 0.682 bits per heavy atom. The number of hydrogen-bond donors (Lipinski definition) is 3. The summed E-state index contributed by atoms with van der Waals surface area (Å²) in [6.07, 6.45) is 37.2. The molecule has 0 aliphatic rings. The minimum Gasteiger partial charge on any atom is -0.480 e. The second kappa shape index (κ2) is 31.5. The van der Waals surface area contributed by atoms with Crippen LogP contribution in [0.25, 0.3) is 0 Å². The van der Waals surface area contributed by atoms with Gasteiger partial charge in [0.2, 0.25) is 5.91 Å². The third kappa shape index (κ3) is 27.9. The third-order valence-corrected chi connectivity index (χ3v) is 7.13.